The van der Waals surface area contributed by atoms with Gasteiger partial charge in [0.15, 0.2) is 5.82 Å². The summed E-state index contributed by atoms with van der Waals surface area (Å²) in [5.41, 5.74) is 1.77. The van der Waals surface area contributed by atoms with Gasteiger partial charge in [0.2, 0.25) is 0 Å². The van der Waals surface area contributed by atoms with Crippen molar-refractivity contribution in [3.8, 4) is 0 Å². The molecule has 19 heavy (non-hydrogen) atoms. The van der Waals surface area contributed by atoms with Gasteiger partial charge in [-0.25, -0.2) is 9.97 Å². The van der Waals surface area contributed by atoms with Crippen LogP contribution in [0, 0.1) is 13.8 Å². The summed E-state index contributed by atoms with van der Waals surface area (Å²) in [6.07, 6.45) is 2.82. The summed E-state index contributed by atoms with van der Waals surface area (Å²) in [6, 6.07) is 0. The molecule has 0 fully saturated rings. The minimum absolute atomic E-state index is 0.374. The van der Waals surface area contributed by atoms with E-state index < -0.39 is 0 Å². The van der Waals surface area contributed by atoms with E-state index >= 15 is 0 Å². The van der Waals surface area contributed by atoms with E-state index in [-0.39, 0.29) is 5.60 Å². The van der Waals surface area contributed by atoms with Crippen LogP contribution in [0.15, 0.2) is 0 Å². The first-order valence-electron chi connectivity index (χ1n) is 7.19. The monoisotopic (exact) mass is 265 g/mol. The van der Waals surface area contributed by atoms with E-state index in [1.807, 2.05) is 6.92 Å². The minimum atomic E-state index is -0.374. The van der Waals surface area contributed by atoms with Crippen LogP contribution >= 0.6 is 0 Å². The van der Waals surface area contributed by atoms with Crippen LogP contribution in [0.3, 0.4) is 0 Å². The summed E-state index contributed by atoms with van der Waals surface area (Å²) in [5.74, 6) is 1.73. The highest BCUT2D eigenvalue weighted by Gasteiger charge is 2.32. The molecule has 4 heteroatoms. The topological polar surface area (TPSA) is 47.0 Å². The van der Waals surface area contributed by atoms with Crippen LogP contribution < -0.4 is 5.32 Å². The maximum Gasteiger partial charge on any atom is 0.162 e. The second-order valence-corrected chi connectivity index (χ2v) is 4.94. The Morgan fingerprint density at radius 1 is 1.11 bits per heavy atom. The normalized spacial score (nSPS) is 11.7. The van der Waals surface area contributed by atoms with Gasteiger partial charge < -0.3 is 10.1 Å². The van der Waals surface area contributed by atoms with Crippen LogP contribution in [-0.2, 0) is 10.3 Å². The predicted octanol–water partition coefficient (Wildman–Crippen LogP) is 3.58. The van der Waals surface area contributed by atoms with Crippen LogP contribution in [0.1, 0.15) is 57.1 Å². The number of anilines is 1. The molecule has 108 valence electrons. The molecule has 4 nitrogen and oxygen atoms in total. The maximum absolute atomic E-state index is 5.72. The first-order chi connectivity index (χ1) is 9.04. The third-order valence-corrected chi connectivity index (χ3v) is 3.87. The zero-order chi connectivity index (χ0) is 14.5. The Morgan fingerprint density at radius 3 is 2.21 bits per heavy atom. The van der Waals surface area contributed by atoms with E-state index in [2.05, 4.69) is 38.0 Å². The van der Waals surface area contributed by atoms with E-state index in [9.17, 15) is 0 Å². The van der Waals surface area contributed by atoms with Gasteiger partial charge >= 0.3 is 0 Å². The minimum Gasteiger partial charge on any atom is -0.370 e. The van der Waals surface area contributed by atoms with Crippen LogP contribution in [-0.4, -0.2) is 23.6 Å². The van der Waals surface area contributed by atoms with Crippen LogP contribution in [0.25, 0.3) is 0 Å². The number of nitrogens with one attached hydrogen (secondary N) is 1. The largest absolute Gasteiger partial charge is 0.370 e. The molecule has 0 aromatic carbocycles. The fourth-order valence-corrected chi connectivity index (χ4v) is 2.19. The molecule has 0 saturated carbocycles. The SMILES string of the molecule is CCCNc1nc(C(CC)(CC)OC)nc(C)c1C. The molecular formula is C15H27N3O. The zero-order valence-corrected chi connectivity index (χ0v) is 13.1. The summed E-state index contributed by atoms with van der Waals surface area (Å²) in [6.45, 7) is 11.4. The molecule has 0 unspecified atom stereocenters. The highest BCUT2D eigenvalue weighted by molar-refractivity contribution is 5.45. The van der Waals surface area contributed by atoms with Crippen LogP contribution in [0.5, 0.6) is 0 Å². The number of hydrogen-bond acceptors (Lipinski definition) is 4. The lowest BCUT2D eigenvalue weighted by molar-refractivity contribution is -0.0291. The Labute approximate surface area is 117 Å². The Kier molecular flexibility index (Phi) is 5.73. The van der Waals surface area contributed by atoms with Crippen molar-refractivity contribution in [2.24, 2.45) is 0 Å². The van der Waals surface area contributed by atoms with Crippen molar-refractivity contribution in [1.82, 2.24) is 9.97 Å². The Bertz CT molecular complexity index is 406. The second-order valence-electron chi connectivity index (χ2n) is 4.94. The number of nitrogens with zero attached hydrogens (tertiary/aromatic N) is 2. The smallest absolute Gasteiger partial charge is 0.162 e. The molecule has 0 radical (unpaired) electrons. The van der Waals surface area contributed by atoms with E-state index in [4.69, 9.17) is 9.72 Å². The number of ether oxygens (including phenoxy) is 1. The van der Waals surface area contributed by atoms with Crippen molar-refractivity contribution in [2.45, 2.75) is 59.5 Å². The summed E-state index contributed by atoms with van der Waals surface area (Å²) in [5, 5.41) is 3.38. The molecule has 0 aliphatic heterocycles. The van der Waals surface area contributed by atoms with E-state index in [0.717, 1.165) is 48.7 Å². The molecule has 0 aliphatic rings. The van der Waals surface area contributed by atoms with Gasteiger partial charge in [-0.2, -0.15) is 0 Å². The van der Waals surface area contributed by atoms with Gasteiger partial charge in [0.05, 0.1) is 0 Å². The Balaban J connectivity index is 3.25. The van der Waals surface area contributed by atoms with Gasteiger partial charge in [0.1, 0.15) is 11.4 Å². The van der Waals surface area contributed by atoms with E-state index in [1.54, 1.807) is 7.11 Å². The summed E-state index contributed by atoms with van der Waals surface area (Å²) >= 11 is 0. The standard InChI is InChI=1S/C15H27N3O/c1-7-10-16-13-11(4)12(5)17-14(18-13)15(8-2,9-3)19-6/h7-10H2,1-6H3,(H,16,17,18). The maximum atomic E-state index is 5.72. The number of aryl methyl sites for hydroxylation is 1. The molecule has 1 N–H and O–H groups in total. The van der Waals surface area contributed by atoms with Crippen molar-refractivity contribution in [3.63, 3.8) is 0 Å². The molecule has 1 aromatic rings. The average Bonchev–Trinajstić information content (AvgIpc) is 2.43. The van der Waals surface area contributed by atoms with Crippen molar-refractivity contribution in [2.75, 3.05) is 19.0 Å². The summed E-state index contributed by atoms with van der Waals surface area (Å²) < 4.78 is 5.72. The Hall–Kier alpha value is -1.16. The first kappa shape index (κ1) is 15.9. The fourth-order valence-electron chi connectivity index (χ4n) is 2.19. The first-order valence-corrected chi connectivity index (χ1v) is 7.19. The van der Waals surface area contributed by atoms with E-state index in [1.165, 1.54) is 0 Å². The Morgan fingerprint density at radius 2 is 1.74 bits per heavy atom. The molecule has 0 bridgehead atoms. The molecule has 0 saturated heterocycles. The summed E-state index contributed by atoms with van der Waals surface area (Å²) in [7, 11) is 1.74. The third kappa shape index (κ3) is 3.24. The van der Waals surface area contributed by atoms with Crippen molar-refractivity contribution < 1.29 is 4.74 Å². The molecular weight excluding hydrogens is 238 g/mol. The van der Waals surface area contributed by atoms with Gasteiger partial charge in [-0.1, -0.05) is 20.8 Å². The zero-order valence-electron chi connectivity index (χ0n) is 13.1. The molecule has 1 aromatic heterocycles. The number of aromatic nitrogens is 2. The molecule has 0 aliphatic carbocycles. The highest BCUT2D eigenvalue weighted by Crippen LogP contribution is 2.31. The fraction of sp³-hybridized carbons (Fsp3) is 0.733. The van der Waals surface area contributed by atoms with Gasteiger partial charge in [0.25, 0.3) is 0 Å². The van der Waals surface area contributed by atoms with Gasteiger partial charge in [0, 0.05) is 24.9 Å². The quantitative estimate of drug-likeness (QED) is 0.818. The predicted molar refractivity (Wildman–Crippen MR) is 79.6 cm³/mol. The van der Waals surface area contributed by atoms with Gasteiger partial charge in [-0.05, 0) is 33.1 Å². The molecule has 1 rings (SSSR count). The lowest BCUT2D eigenvalue weighted by Crippen LogP contribution is -2.30. The molecule has 0 amide bonds. The van der Waals surface area contributed by atoms with E-state index in [0.29, 0.717) is 0 Å². The van der Waals surface area contributed by atoms with Crippen molar-refractivity contribution in [1.29, 1.82) is 0 Å². The second kappa shape index (κ2) is 6.85. The lowest BCUT2D eigenvalue weighted by Gasteiger charge is -2.29. The van der Waals surface area contributed by atoms with Gasteiger partial charge in [-0.15, -0.1) is 0 Å². The number of methoxy groups -OCH3 is 1. The number of rotatable bonds is 7. The molecule has 0 atom stereocenters. The number of hydrogen-bond donors (Lipinski definition) is 1. The van der Waals surface area contributed by atoms with Gasteiger partial charge in [-0.3, -0.25) is 0 Å². The average molecular weight is 265 g/mol. The summed E-state index contributed by atoms with van der Waals surface area (Å²) in [4.78, 5) is 9.36. The highest BCUT2D eigenvalue weighted by atomic mass is 16.5. The third-order valence-electron chi connectivity index (χ3n) is 3.87. The molecule has 1 heterocycles. The lowest BCUT2D eigenvalue weighted by atomic mass is 9.95. The molecule has 0 spiro atoms. The van der Waals surface area contributed by atoms with Crippen LogP contribution in [0.2, 0.25) is 0 Å². The van der Waals surface area contributed by atoms with Crippen molar-refractivity contribution >= 4 is 5.82 Å². The van der Waals surface area contributed by atoms with Crippen molar-refractivity contribution in [3.05, 3.63) is 17.1 Å². The van der Waals surface area contributed by atoms with Crippen LogP contribution in [0.4, 0.5) is 5.82 Å².